The van der Waals surface area contributed by atoms with Crippen LogP contribution < -0.4 is 0 Å². The third-order valence-electron chi connectivity index (χ3n) is 2.63. The summed E-state index contributed by atoms with van der Waals surface area (Å²) in [6.45, 7) is 4.35. The van der Waals surface area contributed by atoms with Gasteiger partial charge in [0.05, 0.1) is 22.0 Å². The average Bonchev–Trinajstić information content (AvgIpc) is 2.64. The van der Waals surface area contributed by atoms with Crippen LogP contribution in [0.2, 0.25) is 0 Å². The van der Waals surface area contributed by atoms with Gasteiger partial charge in [0.1, 0.15) is 17.1 Å². The van der Waals surface area contributed by atoms with Crippen LogP contribution in [0, 0.1) is 11.2 Å². The van der Waals surface area contributed by atoms with E-state index in [-0.39, 0.29) is 10.9 Å². The predicted molar refractivity (Wildman–Crippen MR) is 83.9 cm³/mol. The van der Waals surface area contributed by atoms with Crippen LogP contribution in [-0.4, -0.2) is 22.1 Å². The summed E-state index contributed by atoms with van der Waals surface area (Å²) in [4.78, 5) is 4.31. The SMILES string of the molecule is CC(C)n1cc(C#C[S+](C)C)c2cnc(Br)cc21. The molecule has 2 aromatic heterocycles. The highest BCUT2D eigenvalue weighted by molar-refractivity contribution is 9.10. The van der Waals surface area contributed by atoms with Crippen molar-refractivity contribution in [2.45, 2.75) is 19.9 Å². The minimum Gasteiger partial charge on any atom is -0.344 e. The van der Waals surface area contributed by atoms with Crippen LogP contribution >= 0.6 is 15.9 Å². The maximum absolute atomic E-state index is 4.31. The van der Waals surface area contributed by atoms with Gasteiger partial charge in [-0.15, -0.1) is 0 Å². The molecule has 0 N–H and O–H groups in total. The van der Waals surface area contributed by atoms with Crippen molar-refractivity contribution in [3.05, 3.63) is 28.6 Å². The highest BCUT2D eigenvalue weighted by Gasteiger charge is 2.10. The summed E-state index contributed by atoms with van der Waals surface area (Å²) >= 11 is 3.43. The molecular formula is C14H16BrN2S+. The molecule has 2 nitrogen and oxygen atoms in total. The molecule has 18 heavy (non-hydrogen) atoms. The number of nitrogens with zero attached hydrogens (tertiary/aromatic N) is 2. The minimum absolute atomic E-state index is 0.135. The smallest absolute Gasteiger partial charge is 0.156 e. The van der Waals surface area contributed by atoms with Crippen LogP contribution in [-0.2, 0) is 10.9 Å². The molecule has 0 saturated carbocycles. The molecule has 0 radical (unpaired) electrons. The zero-order valence-electron chi connectivity index (χ0n) is 11.0. The summed E-state index contributed by atoms with van der Waals surface area (Å²) in [6, 6.07) is 2.47. The Morgan fingerprint density at radius 2 is 2.11 bits per heavy atom. The molecule has 0 fully saturated rings. The lowest BCUT2D eigenvalue weighted by molar-refractivity contribution is 0.622. The summed E-state index contributed by atoms with van der Waals surface area (Å²) in [7, 11) is 0.135. The molecule has 0 atom stereocenters. The lowest BCUT2D eigenvalue weighted by Crippen LogP contribution is -1.98. The number of fused-ring (bicyclic) bond motifs is 1. The Morgan fingerprint density at radius 1 is 1.39 bits per heavy atom. The Balaban J connectivity index is 2.66. The molecule has 0 aliphatic heterocycles. The second kappa shape index (κ2) is 5.38. The van der Waals surface area contributed by atoms with Gasteiger partial charge in [-0.3, -0.25) is 0 Å². The average molecular weight is 324 g/mol. The van der Waals surface area contributed by atoms with Crippen molar-refractivity contribution < 1.29 is 0 Å². The van der Waals surface area contributed by atoms with Crippen molar-refractivity contribution in [3.63, 3.8) is 0 Å². The van der Waals surface area contributed by atoms with Gasteiger partial charge in [0.25, 0.3) is 0 Å². The van der Waals surface area contributed by atoms with E-state index in [1.165, 1.54) is 5.52 Å². The van der Waals surface area contributed by atoms with Crippen molar-refractivity contribution in [2.24, 2.45) is 0 Å². The maximum Gasteiger partial charge on any atom is 0.156 e. The molecule has 0 bridgehead atoms. The first-order valence-corrected chi connectivity index (χ1v) is 8.58. The molecule has 0 unspecified atom stereocenters. The van der Waals surface area contributed by atoms with E-state index in [0.29, 0.717) is 6.04 Å². The van der Waals surface area contributed by atoms with E-state index < -0.39 is 0 Å². The lowest BCUT2D eigenvalue weighted by atomic mass is 10.2. The van der Waals surface area contributed by atoms with Crippen molar-refractivity contribution in [3.8, 4) is 11.2 Å². The van der Waals surface area contributed by atoms with Crippen molar-refractivity contribution in [1.29, 1.82) is 0 Å². The van der Waals surface area contributed by atoms with Gasteiger partial charge < -0.3 is 4.57 Å². The molecule has 0 saturated heterocycles. The summed E-state index contributed by atoms with van der Waals surface area (Å²) in [5.74, 6) is 3.27. The van der Waals surface area contributed by atoms with E-state index in [0.717, 1.165) is 15.6 Å². The molecule has 0 aromatic carbocycles. The molecule has 94 valence electrons. The van der Waals surface area contributed by atoms with Crippen LogP contribution in [0.15, 0.2) is 23.1 Å². The molecule has 4 heteroatoms. The number of pyridine rings is 1. The second-order valence-electron chi connectivity index (χ2n) is 4.61. The normalized spacial score (nSPS) is 11.1. The zero-order chi connectivity index (χ0) is 13.3. The Hall–Kier alpha value is -0.920. The minimum atomic E-state index is 0.135. The first-order valence-electron chi connectivity index (χ1n) is 5.74. The number of hydrogen-bond donors (Lipinski definition) is 0. The second-order valence-corrected chi connectivity index (χ2v) is 7.26. The molecule has 0 aliphatic rings. The van der Waals surface area contributed by atoms with Gasteiger partial charge in [0, 0.05) is 23.8 Å². The van der Waals surface area contributed by atoms with E-state index in [1.54, 1.807) is 0 Å². The standard InChI is InChI=1S/C14H16BrN2S/c1-10(2)17-9-11(5-6-18(3)4)12-8-16-14(15)7-13(12)17/h7-10H,1-4H3/q+1. The third kappa shape index (κ3) is 2.73. The largest absolute Gasteiger partial charge is 0.344 e. The predicted octanol–water partition coefficient (Wildman–Crippen LogP) is 3.57. The van der Waals surface area contributed by atoms with Crippen LogP contribution in [0.4, 0.5) is 0 Å². The molecule has 2 aromatic rings. The van der Waals surface area contributed by atoms with Gasteiger partial charge >= 0.3 is 0 Å². The number of aromatic nitrogens is 2. The van der Waals surface area contributed by atoms with Gasteiger partial charge in [-0.05, 0) is 41.8 Å². The highest BCUT2D eigenvalue weighted by Crippen LogP contribution is 2.25. The van der Waals surface area contributed by atoms with Crippen LogP contribution in [0.3, 0.4) is 0 Å². The first kappa shape index (κ1) is 13.5. The first-order chi connectivity index (χ1) is 8.49. The maximum atomic E-state index is 4.31. The summed E-state index contributed by atoms with van der Waals surface area (Å²) in [5, 5.41) is 4.38. The van der Waals surface area contributed by atoms with E-state index >= 15 is 0 Å². The van der Waals surface area contributed by atoms with E-state index in [1.807, 2.05) is 6.20 Å². The van der Waals surface area contributed by atoms with Crippen LogP contribution in [0.25, 0.3) is 10.9 Å². The van der Waals surface area contributed by atoms with E-state index in [2.05, 4.69) is 75.3 Å². The molecule has 0 spiro atoms. The van der Waals surface area contributed by atoms with Gasteiger partial charge in [0.15, 0.2) is 5.25 Å². The quantitative estimate of drug-likeness (QED) is 0.445. The van der Waals surface area contributed by atoms with E-state index in [4.69, 9.17) is 0 Å². The lowest BCUT2D eigenvalue weighted by Gasteiger charge is -2.08. The van der Waals surface area contributed by atoms with Crippen molar-refractivity contribution in [1.82, 2.24) is 9.55 Å². The highest BCUT2D eigenvalue weighted by atomic mass is 79.9. The Kier molecular flexibility index (Phi) is 4.04. The van der Waals surface area contributed by atoms with Crippen molar-refractivity contribution in [2.75, 3.05) is 12.5 Å². The molecule has 0 aliphatic carbocycles. The Labute approximate surface area is 119 Å². The van der Waals surface area contributed by atoms with Gasteiger partial charge in [-0.25, -0.2) is 4.98 Å². The van der Waals surface area contributed by atoms with Crippen molar-refractivity contribution >= 4 is 37.7 Å². The van der Waals surface area contributed by atoms with E-state index in [9.17, 15) is 0 Å². The van der Waals surface area contributed by atoms with Gasteiger partial charge in [-0.2, -0.15) is 0 Å². The Morgan fingerprint density at radius 3 is 2.72 bits per heavy atom. The fourth-order valence-electron chi connectivity index (χ4n) is 1.80. The molecule has 2 rings (SSSR count). The van der Waals surface area contributed by atoms with Crippen LogP contribution in [0.5, 0.6) is 0 Å². The molecular weight excluding hydrogens is 308 g/mol. The molecule has 0 amide bonds. The monoisotopic (exact) mass is 323 g/mol. The van der Waals surface area contributed by atoms with Gasteiger partial charge in [0.2, 0.25) is 0 Å². The Bertz CT molecular complexity index is 632. The fourth-order valence-corrected chi connectivity index (χ4v) is 2.44. The number of hydrogen-bond acceptors (Lipinski definition) is 1. The third-order valence-corrected chi connectivity index (χ3v) is 3.58. The molecule has 2 heterocycles. The fraction of sp³-hybridized carbons (Fsp3) is 0.357. The number of halogens is 1. The topological polar surface area (TPSA) is 17.8 Å². The number of rotatable bonds is 1. The van der Waals surface area contributed by atoms with Gasteiger partial charge in [-0.1, -0.05) is 0 Å². The summed E-state index contributed by atoms with van der Waals surface area (Å²) < 4.78 is 3.11. The summed E-state index contributed by atoms with van der Waals surface area (Å²) in [6.07, 6.45) is 8.28. The van der Waals surface area contributed by atoms with Crippen LogP contribution in [0.1, 0.15) is 25.5 Å². The summed E-state index contributed by atoms with van der Waals surface area (Å²) in [5.41, 5.74) is 2.25. The zero-order valence-corrected chi connectivity index (χ0v) is 13.4.